The summed E-state index contributed by atoms with van der Waals surface area (Å²) in [4.78, 5) is 34.1. The van der Waals surface area contributed by atoms with Crippen molar-refractivity contribution in [1.82, 2.24) is 20.1 Å². The summed E-state index contributed by atoms with van der Waals surface area (Å²) < 4.78 is 5.54. The van der Waals surface area contributed by atoms with Gasteiger partial charge >= 0.3 is 6.03 Å². The van der Waals surface area contributed by atoms with Crippen molar-refractivity contribution in [2.75, 3.05) is 32.8 Å². The summed E-state index contributed by atoms with van der Waals surface area (Å²) in [5.74, 6) is -0.0334. The lowest BCUT2D eigenvalue weighted by Crippen LogP contribution is -2.56. The molecule has 2 fully saturated rings. The fraction of sp³-hybridized carbons (Fsp3) is 0.480. The maximum absolute atomic E-state index is 13.3. The van der Waals surface area contributed by atoms with E-state index in [-0.39, 0.29) is 24.0 Å². The molecule has 1 aromatic carbocycles. The summed E-state index contributed by atoms with van der Waals surface area (Å²) in [7, 11) is 0. The molecule has 0 radical (unpaired) electrons. The molecule has 0 spiro atoms. The Balaban J connectivity index is 1.36. The van der Waals surface area contributed by atoms with E-state index in [1.165, 1.54) is 5.56 Å². The van der Waals surface area contributed by atoms with E-state index in [0.29, 0.717) is 38.5 Å². The first-order chi connectivity index (χ1) is 15.7. The van der Waals surface area contributed by atoms with Gasteiger partial charge in [-0.1, -0.05) is 36.4 Å². The van der Waals surface area contributed by atoms with Gasteiger partial charge in [0.15, 0.2) is 0 Å². The average molecular weight is 437 g/mol. The normalized spacial score (nSPS) is 17.7. The SMILES string of the molecule is O=C(c1ccccn1)N1CCC(N(C(=O)NCCc2ccccc2)C2CCOCC2)CC1. The second-order valence-corrected chi connectivity index (χ2v) is 8.46. The third-order valence-electron chi connectivity index (χ3n) is 6.38. The molecule has 3 heterocycles. The smallest absolute Gasteiger partial charge is 0.317 e. The number of carbonyl (C=O) groups is 2. The molecule has 2 aliphatic heterocycles. The Kier molecular flexibility index (Phi) is 7.72. The van der Waals surface area contributed by atoms with Gasteiger partial charge in [-0.3, -0.25) is 9.78 Å². The number of aromatic nitrogens is 1. The van der Waals surface area contributed by atoms with Crippen LogP contribution in [0.4, 0.5) is 4.79 Å². The minimum atomic E-state index is -0.0334. The summed E-state index contributed by atoms with van der Waals surface area (Å²) in [6.45, 7) is 3.26. The van der Waals surface area contributed by atoms with E-state index in [1.54, 1.807) is 12.3 Å². The number of hydrogen-bond donors (Lipinski definition) is 1. The molecule has 0 atom stereocenters. The fourth-order valence-electron chi connectivity index (χ4n) is 4.64. The number of benzene rings is 1. The molecule has 170 valence electrons. The number of carbonyl (C=O) groups excluding carboxylic acids is 2. The van der Waals surface area contributed by atoms with Crippen LogP contribution in [0.3, 0.4) is 0 Å². The minimum absolute atomic E-state index is 0.00216. The zero-order chi connectivity index (χ0) is 22.2. The number of ether oxygens (including phenoxy) is 1. The largest absolute Gasteiger partial charge is 0.381 e. The van der Waals surface area contributed by atoms with E-state index < -0.39 is 0 Å². The van der Waals surface area contributed by atoms with Crippen LogP contribution in [0, 0.1) is 0 Å². The Morgan fingerprint density at radius 3 is 2.34 bits per heavy atom. The van der Waals surface area contributed by atoms with Crippen LogP contribution in [-0.2, 0) is 11.2 Å². The molecule has 32 heavy (non-hydrogen) atoms. The van der Waals surface area contributed by atoms with Gasteiger partial charge in [0, 0.05) is 51.1 Å². The third-order valence-corrected chi connectivity index (χ3v) is 6.38. The van der Waals surface area contributed by atoms with E-state index in [2.05, 4.69) is 27.3 Å². The van der Waals surface area contributed by atoms with Gasteiger partial charge in [-0.25, -0.2) is 4.79 Å². The molecule has 4 rings (SSSR count). The van der Waals surface area contributed by atoms with Crippen LogP contribution in [0.25, 0.3) is 0 Å². The molecular formula is C25H32N4O3. The van der Waals surface area contributed by atoms with Crippen LogP contribution >= 0.6 is 0 Å². The molecule has 0 unspecified atom stereocenters. The highest BCUT2D eigenvalue weighted by atomic mass is 16.5. The average Bonchev–Trinajstić information content (AvgIpc) is 2.86. The molecule has 2 saturated heterocycles. The van der Waals surface area contributed by atoms with E-state index in [9.17, 15) is 9.59 Å². The Hall–Kier alpha value is -2.93. The summed E-state index contributed by atoms with van der Waals surface area (Å²) in [5, 5.41) is 3.14. The van der Waals surface area contributed by atoms with Gasteiger partial charge in [-0.15, -0.1) is 0 Å². The third kappa shape index (κ3) is 5.65. The zero-order valence-corrected chi connectivity index (χ0v) is 18.5. The Labute approximate surface area is 189 Å². The highest BCUT2D eigenvalue weighted by Gasteiger charge is 2.35. The van der Waals surface area contributed by atoms with Gasteiger partial charge in [0.25, 0.3) is 5.91 Å². The van der Waals surface area contributed by atoms with Gasteiger partial charge in [-0.2, -0.15) is 0 Å². The summed E-state index contributed by atoms with van der Waals surface area (Å²) >= 11 is 0. The maximum atomic E-state index is 13.3. The van der Waals surface area contributed by atoms with Crippen LogP contribution in [0.2, 0.25) is 0 Å². The lowest BCUT2D eigenvalue weighted by atomic mass is 9.98. The standard InChI is InChI=1S/C25H32N4O3/c30-24(23-8-4-5-14-26-23)28-16-10-21(11-17-28)29(22-12-18-32-19-13-22)25(31)27-15-9-20-6-2-1-3-7-20/h1-8,14,21-22H,9-13,15-19H2,(H,27,31). The number of amides is 3. The lowest BCUT2D eigenvalue weighted by Gasteiger charge is -2.43. The van der Waals surface area contributed by atoms with Crippen molar-refractivity contribution < 1.29 is 14.3 Å². The van der Waals surface area contributed by atoms with Crippen molar-refractivity contribution in [3.05, 3.63) is 66.0 Å². The maximum Gasteiger partial charge on any atom is 0.317 e. The molecule has 3 amide bonds. The van der Waals surface area contributed by atoms with Gasteiger partial charge in [0.05, 0.1) is 0 Å². The number of nitrogens with one attached hydrogen (secondary N) is 1. The molecule has 1 N–H and O–H groups in total. The van der Waals surface area contributed by atoms with Crippen molar-refractivity contribution in [2.45, 2.75) is 44.2 Å². The first kappa shape index (κ1) is 22.3. The van der Waals surface area contributed by atoms with E-state index >= 15 is 0 Å². The van der Waals surface area contributed by atoms with Crippen molar-refractivity contribution in [3.8, 4) is 0 Å². The number of piperidine rings is 1. The quantitative estimate of drug-likeness (QED) is 0.755. The molecular weight excluding hydrogens is 404 g/mol. The van der Waals surface area contributed by atoms with Crippen molar-refractivity contribution >= 4 is 11.9 Å². The second-order valence-electron chi connectivity index (χ2n) is 8.46. The van der Waals surface area contributed by atoms with Crippen LogP contribution in [-0.4, -0.2) is 71.7 Å². The van der Waals surface area contributed by atoms with Gasteiger partial charge in [-0.05, 0) is 49.8 Å². The first-order valence-electron chi connectivity index (χ1n) is 11.6. The van der Waals surface area contributed by atoms with E-state index in [1.807, 2.05) is 35.2 Å². The van der Waals surface area contributed by atoms with Crippen LogP contribution in [0.15, 0.2) is 54.7 Å². The number of hydrogen-bond acceptors (Lipinski definition) is 4. The van der Waals surface area contributed by atoms with Crippen LogP contribution in [0.5, 0.6) is 0 Å². The minimum Gasteiger partial charge on any atom is -0.381 e. The molecule has 0 aliphatic carbocycles. The van der Waals surface area contributed by atoms with Gasteiger partial charge in [0.2, 0.25) is 0 Å². The Morgan fingerprint density at radius 2 is 1.66 bits per heavy atom. The topological polar surface area (TPSA) is 74.8 Å². The second kappa shape index (κ2) is 11.1. The first-order valence-corrected chi connectivity index (χ1v) is 11.6. The monoisotopic (exact) mass is 436 g/mol. The van der Waals surface area contributed by atoms with Crippen molar-refractivity contribution in [1.29, 1.82) is 0 Å². The molecule has 7 nitrogen and oxygen atoms in total. The molecule has 7 heteroatoms. The van der Waals surface area contributed by atoms with Crippen molar-refractivity contribution in [2.24, 2.45) is 0 Å². The Bertz CT molecular complexity index is 863. The predicted octanol–water partition coefficient (Wildman–Crippen LogP) is 3.12. The van der Waals surface area contributed by atoms with E-state index in [4.69, 9.17) is 4.74 Å². The highest BCUT2D eigenvalue weighted by Crippen LogP contribution is 2.24. The van der Waals surface area contributed by atoms with E-state index in [0.717, 1.165) is 32.1 Å². The predicted molar refractivity (Wildman–Crippen MR) is 122 cm³/mol. The van der Waals surface area contributed by atoms with Crippen molar-refractivity contribution in [3.63, 3.8) is 0 Å². The number of rotatable bonds is 6. The lowest BCUT2D eigenvalue weighted by molar-refractivity contribution is 0.0209. The molecule has 2 aromatic rings. The summed E-state index contributed by atoms with van der Waals surface area (Å²) in [5.41, 5.74) is 1.69. The van der Waals surface area contributed by atoms with Crippen LogP contribution < -0.4 is 5.32 Å². The molecule has 1 aromatic heterocycles. The van der Waals surface area contributed by atoms with Crippen LogP contribution in [0.1, 0.15) is 41.7 Å². The number of urea groups is 1. The Morgan fingerprint density at radius 1 is 0.969 bits per heavy atom. The molecule has 0 saturated carbocycles. The summed E-state index contributed by atoms with van der Waals surface area (Å²) in [6.07, 6.45) is 5.74. The number of nitrogens with zero attached hydrogens (tertiary/aromatic N) is 3. The highest BCUT2D eigenvalue weighted by molar-refractivity contribution is 5.92. The zero-order valence-electron chi connectivity index (χ0n) is 18.5. The number of likely N-dealkylation sites (tertiary alicyclic amines) is 1. The van der Waals surface area contributed by atoms with Gasteiger partial charge in [0.1, 0.15) is 5.69 Å². The number of pyridine rings is 1. The molecule has 2 aliphatic rings. The fourth-order valence-corrected chi connectivity index (χ4v) is 4.64. The molecule has 0 bridgehead atoms. The summed E-state index contributed by atoms with van der Waals surface area (Å²) in [6, 6.07) is 15.9. The van der Waals surface area contributed by atoms with Gasteiger partial charge < -0.3 is 19.9 Å².